The maximum Gasteiger partial charge on any atom is 0.226 e. The number of hydrogen-bond donors (Lipinski definition) is 0. The molecule has 0 aliphatic carbocycles. The van der Waals surface area contributed by atoms with E-state index in [1.54, 1.807) is 0 Å². The van der Waals surface area contributed by atoms with Crippen LogP contribution in [0.25, 0.3) is 33.9 Å². The number of rotatable bonds is 3. The van der Waals surface area contributed by atoms with Crippen molar-refractivity contribution < 1.29 is 4.74 Å². The zero-order valence-corrected chi connectivity index (χ0v) is 18.3. The molecule has 158 valence electrons. The molecule has 6 rings (SSSR count). The largest absolute Gasteiger partial charge is 0.456 e. The average Bonchev–Trinajstić information content (AvgIpc) is 2.87. The van der Waals surface area contributed by atoms with E-state index in [0.29, 0.717) is 18.1 Å². The first-order chi connectivity index (χ1) is 16.3. The van der Waals surface area contributed by atoms with Gasteiger partial charge in [0, 0.05) is 28.7 Å². The number of aromatic nitrogens is 3. The lowest BCUT2D eigenvalue weighted by molar-refractivity contribution is 0.462. The molecular formula is C28H18ClN3O. The van der Waals surface area contributed by atoms with Gasteiger partial charge in [-0.25, -0.2) is 4.98 Å². The van der Waals surface area contributed by atoms with Gasteiger partial charge in [-0.3, -0.25) is 0 Å². The van der Waals surface area contributed by atoms with Gasteiger partial charge >= 0.3 is 0 Å². The molecule has 33 heavy (non-hydrogen) atoms. The Hall–Kier alpha value is -4.02. The predicted molar refractivity (Wildman–Crippen MR) is 130 cm³/mol. The Morgan fingerprint density at radius 1 is 0.606 bits per heavy atom. The Labute approximate surface area is 196 Å². The molecule has 1 aliphatic rings. The van der Waals surface area contributed by atoms with Crippen LogP contribution >= 0.6 is 11.6 Å². The fourth-order valence-electron chi connectivity index (χ4n) is 4.23. The zero-order chi connectivity index (χ0) is 22.2. The normalized spacial score (nSPS) is 11.9. The SMILES string of the molecule is Clc1nc(-c2ccccc2)nc(-c2cccc3c2Cc2cccc(-c4ccccc4)c2O3)n1. The van der Waals surface area contributed by atoms with E-state index in [-0.39, 0.29) is 5.28 Å². The molecule has 0 bridgehead atoms. The fourth-order valence-corrected chi connectivity index (χ4v) is 4.39. The van der Waals surface area contributed by atoms with E-state index in [1.807, 2.05) is 66.7 Å². The lowest BCUT2D eigenvalue weighted by Gasteiger charge is -2.24. The highest BCUT2D eigenvalue weighted by Gasteiger charge is 2.24. The molecule has 5 heteroatoms. The van der Waals surface area contributed by atoms with Crippen molar-refractivity contribution >= 4 is 11.6 Å². The molecule has 0 fully saturated rings. The van der Waals surface area contributed by atoms with Crippen molar-refractivity contribution in [2.75, 3.05) is 0 Å². The number of para-hydroxylation sites is 1. The Bertz CT molecular complexity index is 1470. The maximum atomic E-state index is 6.47. The highest BCUT2D eigenvalue weighted by Crippen LogP contribution is 2.45. The van der Waals surface area contributed by atoms with Crippen LogP contribution in [-0.4, -0.2) is 15.0 Å². The summed E-state index contributed by atoms with van der Waals surface area (Å²) in [5, 5.41) is 0.167. The van der Waals surface area contributed by atoms with Crippen LogP contribution in [0, 0.1) is 0 Å². The summed E-state index contributed by atoms with van der Waals surface area (Å²) in [5.74, 6) is 2.79. The third-order valence-electron chi connectivity index (χ3n) is 5.77. The van der Waals surface area contributed by atoms with Gasteiger partial charge in [0.15, 0.2) is 11.6 Å². The van der Waals surface area contributed by atoms with Gasteiger partial charge in [0.2, 0.25) is 5.28 Å². The van der Waals surface area contributed by atoms with Crippen molar-refractivity contribution in [2.45, 2.75) is 6.42 Å². The molecule has 0 atom stereocenters. The van der Waals surface area contributed by atoms with Crippen LogP contribution in [0.4, 0.5) is 0 Å². The molecule has 0 saturated carbocycles. The summed E-state index contributed by atoms with van der Waals surface area (Å²) in [5.41, 5.74) is 6.16. The first-order valence-electron chi connectivity index (χ1n) is 10.7. The van der Waals surface area contributed by atoms with Gasteiger partial charge in [0.05, 0.1) is 0 Å². The predicted octanol–water partition coefficient (Wildman–Crippen LogP) is 7.22. The van der Waals surface area contributed by atoms with Crippen LogP contribution in [0.2, 0.25) is 5.28 Å². The van der Waals surface area contributed by atoms with Crippen molar-refractivity contribution in [3.63, 3.8) is 0 Å². The van der Waals surface area contributed by atoms with Gasteiger partial charge in [0.1, 0.15) is 11.5 Å². The van der Waals surface area contributed by atoms with E-state index < -0.39 is 0 Å². The third-order valence-corrected chi connectivity index (χ3v) is 5.94. The molecule has 4 nitrogen and oxygen atoms in total. The highest BCUT2D eigenvalue weighted by atomic mass is 35.5. The summed E-state index contributed by atoms with van der Waals surface area (Å²) in [6.45, 7) is 0. The van der Waals surface area contributed by atoms with E-state index in [2.05, 4.69) is 40.3 Å². The third kappa shape index (κ3) is 3.65. The minimum absolute atomic E-state index is 0.167. The first kappa shape index (κ1) is 19.6. The Morgan fingerprint density at radius 3 is 2.06 bits per heavy atom. The number of halogens is 1. The molecule has 0 N–H and O–H groups in total. The Kier molecular flexibility index (Phi) is 4.85. The summed E-state index contributed by atoms with van der Waals surface area (Å²) in [6, 6.07) is 32.3. The molecule has 4 aromatic carbocycles. The summed E-state index contributed by atoms with van der Waals surface area (Å²) in [4.78, 5) is 13.5. The first-order valence-corrected chi connectivity index (χ1v) is 11.1. The van der Waals surface area contributed by atoms with E-state index in [0.717, 1.165) is 44.9 Å². The lowest BCUT2D eigenvalue weighted by atomic mass is 9.92. The molecule has 2 heterocycles. The van der Waals surface area contributed by atoms with Crippen LogP contribution in [0.15, 0.2) is 97.1 Å². The van der Waals surface area contributed by atoms with Gasteiger partial charge in [-0.05, 0) is 28.8 Å². The van der Waals surface area contributed by atoms with Crippen molar-refractivity contribution in [3.8, 4) is 45.4 Å². The van der Waals surface area contributed by atoms with Crippen molar-refractivity contribution in [1.29, 1.82) is 0 Å². The molecular weight excluding hydrogens is 430 g/mol. The van der Waals surface area contributed by atoms with Gasteiger partial charge in [-0.15, -0.1) is 0 Å². The van der Waals surface area contributed by atoms with Crippen LogP contribution in [0.3, 0.4) is 0 Å². The van der Waals surface area contributed by atoms with Gasteiger partial charge in [0.25, 0.3) is 0 Å². The van der Waals surface area contributed by atoms with Crippen molar-refractivity contribution in [1.82, 2.24) is 15.0 Å². The van der Waals surface area contributed by atoms with Crippen LogP contribution in [0.5, 0.6) is 11.5 Å². The van der Waals surface area contributed by atoms with Gasteiger partial charge < -0.3 is 4.74 Å². The number of hydrogen-bond acceptors (Lipinski definition) is 4. The molecule has 1 aromatic heterocycles. The molecule has 1 aliphatic heterocycles. The number of fused-ring (bicyclic) bond motifs is 2. The minimum Gasteiger partial charge on any atom is -0.456 e. The minimum atomic E-state index is 0.167. The van der Waals surface area contributed by atoms with Gasteiger partial charge in [-0.2, -0.15) is 9.97 Å². The summed E-state index contributed by atoms with van der Waals surface area (Å²) in [7, 11) is 0. The second-order valence-corrected chi connectivity index (χ2v) is 8.18. The smallest absolute Gasteiger partial charge is 0.226 e. The quantitative estimate of drug-likeness (QED) is 0.287. The standard InChI is InChI=1S/C28H18ClN3O/c29-28-31-26(19-11-5-2-6-12-19)30-27(32-28)22-15-8-16-24-23(22)17-20-13-7-14-21(25(20)33-24)18-9-3-1-4-10-18/h1-16H,17H2. The zero-order valence-electron chi connectivity index (χ0n) is 17.6. The monoisotopic (exact) mass is 447 g/mol. The van der Waals surface area contributed by atoms with E-state index >= 15 is 0 Å². The summed E-state index contributed by atoms with van der Waals surface area (Å²) >= 11 is 6.31. The van der Waals surface area contributed by atoms with Crippen molar-refractivity contribution in [3.05, 3.63) is 113 Å². The van der Waals surface area contributed by atoms with E-state index in [1.165, 1.54) is 0 Å². The van der Waals surface area contributed by atoms with E-state index in [9.17, 15) is 0 Å². The van der Waals surface area contributed by atoms with Crippen LogP contribution in [-0.2, 0) is 6.42 Å². The summed E-state index contributed by atoms with van der Waals surface area (Å²) in [6.07, 6.45) is 0.714. The molecule has 0 amide bonds. The highest BCUT2D eigenvalue weighted by molar-refractivity contribution is 6.28. The number of benzene rings is 4. The topological polar surface area (TPSA) is 47.9 Å². The summed E-state index contributed by atoms with van der Waals surface area (Å²) < 4.78 is 6.47. The molecule has 0 unspecified atom stereocenters. The lowest BCUT2D eigenvalue weighted by Crippen LogP contribution is -2.07. The molecule has 5 aromatic rings. The van der Waals surface area contributed by atoms with Gasteiger partial charge in [-0.1, -0.05) is 91.0 Å². The van der Waals surface area contributed by atoms with Crippen LogP contribution in [0.1, 0.15) is 11.1 Å². The maximum absolute atomic E-state index is 6.47. The Morgan fingerprint density at radius 2 is 1.27 bits per heavy atom. The molecule has 0 spiro atoms. The average molecular weight is 448 g/mol. The molecule has 0 radical (unpaired) electrons. The van der Waals surface area contributed by atoms with Crippen LogP contribution < -0.4 is 4.74 Å². The molecule has 0 saturated heterocycles. The Balaban J connectivity index is 1.45. The second-order valence-electron chi connectivity index (χ2n) is 7.84. The number of ether oxygens (including phenoxy) is 1. The van der Waals surface area contributed by atoms with E-state index in [4.69, 9.17) is 21.3 Å². The van der Waals surface area contributed by atoms with Crippen molar-refractivity contribution in [2.24, 2.45) is 0 Å². The second kappa shape index (κ2) is 8.15. The fraction of sp³-hybridized carbons (Fsp3) is 0.0357. The number of nitrogens with zero attached hydrogens (tertiary/aromatic N) is 3.